The second-order valence-electron chi connectivity index (χ2n) is 5.70. The third-order valence-corrected chi connectivity index (χ3v) is 3.93. The number of aliphatic hydroxyl groups excluding tert-OH is 1. The van der Waals surface area contributed by atoms with Gasteiger partial charge in [0.1, 0.15) is 0 Å². The van der Waals surface area contributed by atoms with Crippen LogP contribution in [0, 0.1) is 12.8 Å². The normalized spacial score (nSPS) is 21.0. The van der Waals surface area contributed by atoms with Crippen molar-refractivity contribution >= 4 is 5.91 Å². The van der Waals surface area contributed by atoms with Gasteiger partial charge in [-0.05, 0) is 36.8 Å². The molecule has 1 amide bonds. The van der Waals surface area contributed by atoms with E-state index in [-0.39, 0.29) is 17.9 Å². The van der Waals surface area contributed by atoms with Crippen molar-refractivity contribution in [1.29, 1.82) is 0 Å². The van der Waals surface area contributed by atoms with Crippen molar-refractivity contribution in [3.05, 3.63) is 47.8 Å². The predicted octanol–water partition coefficient (Wildman–Crippen LogP) is 0.491. The molecule has 0 bridgehead atoms. The van der Waals surface area contributed by atoms with Crippen LogP contribution in [0.25, 0.3) is 5.69 Å². The zero-order chi connectivity index (χ0) is 15.5. The van der Waals surface area contributed by atoms with E-state index in [4.69, 9.17) is 0 Å². The number of nitrogens with one attached hydrogen (secondary N) is 2. The number of rotatable bonds is 4. The summed E-state index contributed by atoms with van der Waals surface area (Å²) in [6, 6.07) is 7.30. The van der Waals surface area contributed by atoms with Crippen molar-refractivity contribution in [2.45, 2.75) is 13.0 Å². The standard InChI is InChI=1S/C16H20N4O2/c1-11-6-19-20(10-11)14-4-2-12(3-5-14)16(22)18-8-13-7-17-9-15(13)21/h2-6,10,13,15,17,21H,7-9H2,1H3,(H,18,22). The monoisotopic (exact) mass is 300 g/mol. The number of benzene rings is 1. The van der Waals surface area contributed by atoms with Crippen LogP contribution in [-0.4, -0.2) is 46.5 Å². The van der Waals surface area contributed by atoms with Crippen molar-refractivity contribution in [2.75, 3.05) is 19.6 Å². The van der Waals surface area contributed by atoms with Crippen LogP contribution in [0.1, 0.15) is 15.9 Å². The summed E-state index contributed by atoms with van der Waals surface area (Å²) in [5.41, 5.74) is 2.61. The SMILES string of the molecule is Cc1cnn(-c2ccc(C(=O)NCC3CNCC3O)cc2)c1. The molecule has 0 radical (unpaired) electrons. The molecule has 2 unspecified atom stereocenters. The number of hydrogen-bond donors (Lipinski definition) is 3. The lowest BCUT2D eigenvalue weighted by molar-refractivity contribution is 0.0927. The smallest absolute Gasteiger partial charge is 0.251 e. The zero-order valence-electron chi connectivity index (χ0n) is 12.5. The first-order valence-electron chi connectivity index (χ1n) is 7.42. The van der Waals surface area contributed by atoms with E-state index in [2.05, 4.69) is 15.7 Å². The van der Waals surface area contributed by atoms with E-state index in [0.717, 1.165) is 17.8 Å². The number of carbonyl (C=O) groups is 1. The third kappa shape index (κ3) is 3.18. The van der Waals surface area contributed by atoms with Crippen LogP contribution in [0.15, 0.2) is 36.7 Å². The van der Waals surface area contributed by atoms with Crippen molar-refractivity contribution in [3.63, 3.8) is 0 Å². The molecule has 3 N–H and O–H groups in total. The van der Waals surface area contributed by atoms with Crippen LogP contribution in [0.5, 0.6) is 0 Å². The minimum Gasteiger partial charge on any atom is -0.391 e. The number of nitrogens with zero attached hydrogens (tertiary/aromatic N) is 2. The van der Waals surface area contributed by atoms with Gasteiger partial charge in [-0.15, -0.1) is 0 Å². The molecule has 0 saturated carbocycles. The molecule has 1 fully saturated rings. The summed E-state index contributed by atoms with van der Waals surface area (Å²) in [6.45, 7) is 3.79. The highest BCUT2D eigenvalue weighted by Crippen LogP contribution is 2.11. The Labute approximate surface area is 129 Å². The number of amides is 1. The number of aliphatic hydroxyl groups is 1. The molecule has 2 heterocycles. The van der Waals surface area contributed by atoms with Gasteiger partial charge in [0.05, 0.1) is 18.0 Å². The van der Waals surface area contributed by atoms with Crippen LogP contribution in [0.2, 0.25) is 0 Å². The Balaban J connectivity index is 1.61. The summed E-state index contributed by atoms with van der Waals surface area (Å²) in [6.07, 6.45) is 3.34. The average molecular weight is 300 g/mol. The van der Waals surface area contributed by atoms with Crippen LogP contribution >= 0.6 is 0 Å². The highest BCUT2D eigenvalue weighted by Gasteiger charge is 2.25. The third-order valence-electron chi connectivity index (χ3n) is 3.93. The molecule has 6 nitrogen and oxygen atoms in total. The van der Waals surface area contributed by atoms with Crippen LogP contribution < -0.4 is 10.6 Å². The maximum Gasteiger partial charge on any atom is 0.251 e. The van der Waals surface area contributed by atoms with Crippen LogP contribution in [-0.2, 0) is 0 Å². The average Bonchev–Trinajstić information content (AvgIpc) is 3.13. The molecule has 1 aliphatic heterocycles. The summed E-state index contributed by atoms with van der Waals surface area (Å²) in [5.74, 6) is -0.0439. The lowest BCUT2D eigenvalue weighted by Crippen LogP contribution is -2.34. The van der Waals surface area contributed by atoms with E-state index in [9.17, 15) is 9.90 Å². The highest BCUT2D eigenvalue weighted by molar-refractivity contribution is 5.94. The van der Waals surface area contributed by atoms with Gasteiger partial charge in [0.15, 0.2) is 0 Å². The molecule has 0 aliphatic carbocycles. The molecule has 1 saturated heterocycles. The fourth-order valence-corrected chi connectivity index (χ4v) is 2.57. The lowest BCUT2D eigenvalue weighted by Gasteiger charge is -2.14. The second kappa shape index (κ2) is 6.29. The van der Waals surface area contributed by atoms with E-state index in [1.807, 2.05) is 25.3 Å². The van der Waals surface area contributed by atoms with Crippen molar-refractivity contribution in [2.24, 2.45) is 5.92 Å². The molecular formula is C16H20N4O2. The maximum absolute atomic E-state index is 12.1. The first-order valence-corrected chi connectivity index (χ1v) is 7.42. The van der Waals surface area contributed by atoms with Gasteiger partial charge in [-0.3, -0.25) is 4.79 Å². The minimum absolute atomic E-state index is 0.0790. The van der Waals surface area contributed by atoms with E-state index < -0.39 is 0 Å². The Morgan fingerprint density at radius 2 is 2.18 bits per heavy atom. The van der Waals surface area contributed by atoms with Gasteiger partial charge in [-0.2, -0.15) is 5.10 Å². The van der Waals surface area contributed by atoms with Crippen molar-refractivity contribution < 1.29 is 9.90 Å². The van der Waals surface area contributed by atoms with Gasteiger partial charge in [-0.25, -0.2) is 4.68 Å². The van der Waals surface area contributed by atoms with E-state index >= 15 is 0 Å². The second-order valence-corrected chi connectivity index (χ2v) is 5.70. The predicted molar refractivity (Wildman–Crippen MR) is 83.0 cm³/mol. The Kier molecular flexibility index (Phi) is 4.22. The molecule has 2 aromatic rings. The van der Waals surface area contributed by atoms with E-state index in [1.165, 1.54) is 0 Å². The highest BCUT2D eigenvalue weighted by atomic mass is 16.3. The summed E-state index contributed by atoms with van der Waals surface area (Å²) in [4.78, 5) is 12.1. The molecule has 1 aromatic heterocycles. The van der Waals surface area contributed by atoms with Gasteiger partial charge in [-0.1, -0.05) is 0 Å². The van der Waals surface area contributed by atoms with Gasteiger partial charge >= 0.3 is 0 Å². The molecule has 1 aliphatic rings. The number of hydrogen-bond acceptors (Lipinski definition) is 4. The van der Waals surface area contributed by atoms with Crippen molar-refractivity contribution in [1.82, 2.24) is 20.4 Å². The van der Waals surface area contributed by atoms with Crippen LogP contribution in [0.4, 0.5) is 0 Å². The molecular weight excluding hydrogens is 280 g/mol. The minimum atomic E-state index is -0.384. The molecule has 1 aromatic carbocycles. The fraction of sp³-hybridized carbons (Fsp3) is 0.375. The molecule has 3 rings (SSSR count). The summed E-state index contributed by atoms with van der Waals surface area (Å²) < 4.78 is 1.78. The van der Waals surface area contributed by atoms with Gasteiger partial charge in [0.2, 0.25) is 0 Å². The van der Waals surface area contributed by atoms with E-state index in [1.54, 1.807) is 23.0 Å². The lowest BCUT2D eigenvalue weighted by atomic mass is 10.1. The largest absolute Gasteiger partial charge is 0.391 e. The molecule has 22 heavy (non-hydrogen) atoms. The summed E-state index contributed by atoms with van der Waals surface area (Å²) in [5, 5.41) is 19.9. The Hall–Kier alpha value is -2.18. The Morgan fingerprint density at radius 1 is 1.41 bits per heavy atom. The molecule has 0 spiro atoms. The quantitative estimate of drug-likeness (QED) is 0.768. The van der Waals surface area contributed by atoms with Crippen LogP contribution in [0.3, 0.4) is 0 Å². The summed E-state index contributed by atoms with van der Waals surface area (Å²) >= 11 is 0. The number of carbonyl (C=O) groups excluding carboxylic acids is 1. The fourth-order valence-electron chi connectivity index (χ4n) is 2.57. The number of aromatic nitrogens is 2. The topological polar surface area (TPSA) is 79.2 Å². The molecule has 116 valence electrons. The van der Waals surface area contributed by atoms with Gasteiger partial charge in [0, 0.05) is 37.3 Å². The Morgan fingerprint density at radius 3 is 2.77 bits per heavy atom. The zero-order valence-corrected chi connectivity index (χ0v) is 12.5. The Bertz CT molecular complexity index is 650. The molecule has 2 atom stereocenters. The van der Waals surface area contributed by atoms with Gasteiger partial charge < -0.3 is 15.7 Å². The summed E-state index contributed by atoms with van der Waals surface area (Å²) in [7, 11) is 0. The first-order chi connectivity index (χ1) is 10.6. The van der Waals surface area contributed by atoms with E-state index in [0.29, 0.717) is 18.7 Å². The molecule has 6 heteroatoms. The number of aryl methyl sites for hydroxylation is 1. The maximum atomic E-state index is 12.1. The number of β-amino-alcohol motifs (C(OH)–C–C–N with tert-alkyl or cyclic N) is 1. The first kappa shape index (κ1) is 14.7. The van der Waals surface area contributed by atoms with Crippen molar-refractivity contribution in [3.8, 4) is 5.69 Å². The van der Waals surface area contributed by atoms with Gasteiger partial charge in [0.25, 0.3) is 5.91 Å².